The molecule has 23 heavy (non-hydrogen) atoms. The summed E-state index contributed by atoms with van der Waals surface area (Å²) in [6, 6.07) is 14.5. The molecule has 1 atom stereocenters. The molecule has 1 fully saturated rings. The van der Waals surface area contributed by atoms with Gasteiger partial charge in [-0.3, -0.25) is 5.41 Å². The molecule has 0 aromatic heterocycles. The summed E-state index contributed by atoms with van der Waals surface area (Å²) in [6.07, 6.45) is 0. The molecule has 0 bridgehead atoms. The highest BCUT2D eigenvalue weighted by atomic mass is 19.1. The molecule has 1 aliphatic rings. The zero-order valence-corrected chi connectivity index (χ0v) is 13.2. The Labute approximate surface area is 135 Å². The van der Waals surface area contributed by atoms with Crippen molar-refractivity contribution in [2.24, 2.45) is 5.73 Å². The number of piperazine rings is 1. The molecule has 2 aromatic carbocycles. The second-order valence-electron chi connectivity index (χ2n) is 5.92. The quantitative estimate of drug-likeness (QED) is 0.662. The van der Waals surface area contributed by atoms with Crippen molar-refractivity contribution in [1.82, 2.24) is 9.80 Å². The summed E-state index contributed by atoms with van der Waals surface area (Å²) in [5, 5.41) is 7.86. The standard InChI is InChI=1S/C18H21FN4/c1-22-10-11-23(18(20)21)17(12-22)15-8-3-2-6-13(15)14-7-4-5-9-16(14)19/h2-9,17H,10-12H2,1H3,(H3,20,21). The number of nitrogens with zero attached hydrogens (tertiary/aromatic N) is 2. The van der Waals surface area contributed by atoms with E-state index in [1.807, 2.05) is 35.2 Å². The minimum atomic E-state index is -0.238. The fourth-order valence-electron chi connectivity index (χ4n) is 3.19. The largest absolute Gasteiger partial charge is 0.370 e. The zero-order valence-electron chi connectivity index (χ0n) is 13.2. The summed E-state index contributed by atoms with van der Waals surface area (Å²) in [5.74, 6) is -0.176. The Balaban J connectivity index is 2.09. The van der Waals surface area contributed by atoms with Crippen LogP contribution in [0.1, 0.15) is 11.6 Å². The van der Waals surface area contributed by atoms with E-state index < -0.39 is 0 Å². The van der Waals surface area contributed by atoms with Crippen LogP contribution in [0.2, 0.25) is 0 Å². The Morgan fingerprint density at radius 1 is 1.09 bits per heavy atom. The van der Waals surface area contributed by atoms with E-state index in [9.17, 15) is 4.39 Å². The van der Waals surface area contributed by atoms with E-state index in [1.54, 1.807) is 12.1 Å². The molecule has 1 saturated heterocycles. The van der Waals surface area contributed by atoms with Crippen molar-refractivity contribution in [3.8, 4) is 11.1 Å². The van der Waals surface area contributed by atoms with E-state index in [4.69, 9.17) is 11.1 Å². The number of likely N-dealkylation sites (N-methyl/N-ethyl adjacent to an activating group) is 1. The van der Waals surface area contributed by atoms with Crippen LogP contribution in [0, 0.1) is 11.2 Å². The highest BCUT2D eigenvalue weighted by Crippen LogP contribution is 2.34. The fourth-order valence-corrected chi connectivity index (χ4v) is 3.19. The maximum absolute atomic E-state index is 14.3. The third-order valence-electron chi connectivity index (χ3n) is 4.38. The third-order valence-corrected chi connectivity index (χ3v) is 4.38. The first-order valence-electron chi connectivity index (χ1n) is 7.71. The molecule has 120 valence electrons. The normalized spacial score (nSPS) is 18.9. The number of guanidine groups is 1. The van der Waals surface area contributed by atoms with Gasteiger partial charge in [-0.2, -0.15) is 0 Å². The lowest BCUT2D eigenvalue weighted by atomic mass is 9.92. The Hall–Kier alpha value is -2.40. The van der Waals surface area contributed by atoms with Crippen LogP contribution in [-0.2, 0) is 0 Å². The first kappa shape index (κ1) is 15.5. The molecule has 0 amide bonds. The van der Waals surface area contributed by atoms with Gasteiger partial charge in [0, 0.05) is 25.2 Å². The lowest BCUT2D eigenvalue weighted by Gasteiger charge is -2.41. The van der Waals surface area contributed by atoms with Crippen molar-refractivity contribution in [3.63, 3.8) is 0 Å². The monoisotopic (exact) mass is 312 g/mol. The third kappa shape index (κ3) is 3.05. The second-order valence-corrected chi connectivity index (χ2v) is 5.92. The molecule has 1 unspecified atom stereocenters. The van der Waals surface area contributed by atoms with Crippen molar-refractivity contribution in [1.29, 1.82) is 5.41 Å². The molecule has 1 aliphatic heterocycles. The number of rotatable bonds is 2. The van der Waals surface area contributed by atoms with Crippen molar-refractivity contribution < 1.29 is 4.39 Å². The Bertz CT molecular complexity index is 716. The number of benzene rings is 2. The van der Waals surface area contributed by atoms with Gasteiger partial charge in [-0.15, -0.1) is 0 Å². The van der Waals surface area contributed by atoms with E-state index in [1.165, 1.54) is 6.07 Å². The summed E-state index contributed by atoms with van der Waals surface area (Å²) < 4.78 is 14.3. The SMILES string of the molecule is CN1CCN(C(=N)N)C(c2ccccc2-c2ccccc2F)C1. The first-order valence-corrected chi connectivity index (χ1v) is 7.71. The predicted molar refractivity (Wildman–Crippen MR) is 90.7 cm³/mol. The van der Waals surface area contributed by atoms with Crippen molar-refractivity contribution >= 4 is 5.96 Å². The number of nitrogens with one attached hydrogen (secondary N) is 1. The highest BCUT2D eigenvalue weighted by molar-refractivity contribution is 5.76. The van der Waals surface area contributed by atoms with Gasteiger partial charge in [-0.1, -0.05) is 42.5 Å². The highest BCUT2D eigenvalue weighted by Gasteiger charge is 2.29. The van der Waals surface area contributed by atoms with Gasteiger partial charge < -0.3 is 15.5 Å². The van der Waals surface area contributed by atoms with Crippen LogP contribution in [-0.4, -0.2) is 42.4 Å². The van der Waals surface area contributed by atoms with Crippen LogP contribution >= 0.6 is 0 Å². The number of halogens is 1. The Morgan fingerprint density at radius 3 is 2.43 bits per heavy atom. The molecule has 0 spiro atoms. The molecule has 0 radical (unpaired) electrons. The molecular formula is C18H21FN4. The van der Waals surface area contributed by atoms with Gasteiger partial charge in [0.15, 0.2) is 5.96 Å². The van der Waals surface area contributed by atoms with Gasteiger partial charge in [-0.25, -0.2) is 4.39 Å². The summed E-state index contributed by atoms with van der Waals surface area (Å²) >= 11 is 0. The summed E-state index contributed by atoms with van der Waals surface area (Å²) in [4.78, 5) is 4.10. The van der Waals surface area contributed by atoms with Crippen LogP contribution in [0.5, 0.6) is 0 Å². The smallest absolute Gasteiger partial charge is 0.188 e. The van der Waals surface area contributed by atoms with Crippen molar-refractivity contribution in [2.75, 3.05) is 26.7 Å². The van der Waals surface area contributed by atoms with E-state index in [0.717, 1.165) is 24.2 Å². The molecule has 1 heterocycles. The van der Waals surface area contributed by atoms with Gasteiger partial charge >= 0.3 is 0 Å². The van der Waals surface area contributed by atoms with Crippen LogP contribution in [0.15, 0.2) is 48.5 Å². The van der Waals surface area contributed by atoms with E-state index in [-0.39, 0.29) is 17.8 Å². The average Bonchev–Trinajstić information content (AvgIpc) is 2.55. The minimum Gasteiger partial charge on any atom is -0.370 e. The molecule has 3 N–H and O–H groups in total. The second kappa shape index (κ2) is 6.38. The van der Waals surface area contributed by atoms with Gasteiger partial charge in [-0.05, 0) is 24.2 Å². The Kier molecular flexibility index (Phi) is 4.30. The average molecular weight is 312 g/mol. The van der Waals surface area contributed by atoms with Gasteiger partial charge in [0.25, 0.3) is 0 Å². The van der Waals surface area contributed by atoms with Crippen LogP contribution in [0.4, 0.5) is 4.39 Å². The Morgan fingerprint density at radius 2 is 1.74 bits per heavy atom. The zero-order chi connectivity index (χ0) is 16.4. The maximum Gasteiger partial charge on any atom is 0.188 e. The summed E-state index contributed by atoms with van der Waals surface area (Å²) in [5.41, 5.74) is 8.22. The molecule has 4 nitrogen and oxygen atoms in total. The summed E-state index contributed by atoms with van der Waals surface area (Å²) in [7, 11) is 2.05. The molecule has 0 saturated carbocycles. The van der Waals surface area contributed by atoms with Gasteiger partial charge in [0.1, 0.15) is 5.82 Å². The number of hydrogen-bond acceptors (Lipinski definition) is 2. The van der Waals surface area contributed by atoms with Gasteiger partial charge in [0.05, 0.1) is 6.04 Å². The lowest BCUT2D eigenvalue weighted by molar-refractivity contribution is 0.150. The van der Waals surface area contributed by atoms with Crippen LogP contribution < -0.4 is 5.73 Å². The molecule has 2 aromatic rings. The lowest BCUT2D eigenvalue weighted by Crippen LogP contribution is -2.51. The topological polar surface area (TPSA) is 56.4 Å². The number of hydrogen-bond donors (Lipinski definition) is 2. The molecule has 5 heteroatoms. The van der Waals surface area contributed by atoms with Crippen LogP contribution in [0.3, 0.4) is 0 Å². The van der Waals surface area contributed by atoms with Gasteiger partial charge in [0.2, 0.25) is 0 Å². The van der Waals surface area contributed by atoms with Crippen molar-refractivity contribution in [3.05, 3.63) is 59.9 Å². The maximum atomic E-state index is 14.3. The molecule has 0 aliphatic carbocycles. The van der Waals surface area contributed by atoms with E-state index >= 15 is 0 Å². The van der Waals surface area contributed by atoms with Crippen molar-refractivity contribution in [2.45, 2.75) is 6.04 Å². The predicted octanol–water partition coefficient (Wildman–Crippen LogP) is 2.67. The molecule has 3 rings (SSSR count). The first-order chi connectivity index (χ1) is 11.1. The van der Waals surface area contributed by atoms with Crippen LogP contribution in [0.25, 0.3) is 11.1 Å². The summed E-state index contributed by atoms with van der Waals surface area (Å²) in [6.45, 7) is 2.31. The van der Waals surface area contributed by atoms with E-state index in [2.05, 4.69) is 11.9 Å². The fraction of sp³-hybridized carbons (Fsp3) is 0.278. The van der Waals surface area contributed by atoms with E-state index in [0.29, 0.717) is 12.1 Å². The molecular weight excluding hydrogens is 291 g/mol. The number of nitrogens with two attached hydrogens (primary N) is 1. The minimum absolute atomic E-state index is 0.0537.